The molecule has 1 aliphatic rings. The lowest BCUT2D eigenvalue weighted by Gasteiger charge is -2.39. The van der Waals surface area contributed by atoms with Crippen molar-refractivity contribution in [3.05, 3.63) is 66.1 Å². The van der Waals surface area contributed by atoms with Crippen molar-refractivity contribution in [3.8, 4) is 11.4 Å². The molecule has 0 bridgehead atoms. The minimum atomic E-state index is -0.422. The van der Waals surface area contributed by atoms with Gasteiger partial charge in [0, 0.05) is 42.7 Å². The van der Waals surface area contributed by atoms with Crippen LogP contribution < -0.4 is 0 Å². The molecule has 0 aliphatic carbocycles. The lowest BCUT2D eigenvalue weighted by Crippen LogP contribution is -2.49. The summed E-state index contributed by atoms with van der Waals surface area (Å²) in [5.41, 5.74) is 1.16. The summed E-state index contributed by atoms with van der Waals surface area (Å²) >= 11 is 0. The summed E-state index contributed by atoms with van der Waals surface area (Å²) in [7, 11) is 4.00. The van der Waals surface area contributed by atoms with Gasteiger partial charge in [0.2, 0.25) is 11.7 Å². The molecule has 29 heavy (non-hydrogen) atoms. The second kappa shape index (κ2) is 8.08. The van der Waals surface area contributed by atoms with E-state index in [9.17, 15) is 9.18 Å². The molecule has 1 aromatic carbocycles. The maximum atomic E-state index is 13.6. The second-order valence-electron chi connectivity index (χ2n) is 7.38. The molecular formula is C21H22FN5O2. The molecule has 3 heterocycles. The predicted molar refractivity (Wildman–Crippen MR) is 105 cm³/mol. The summed E-state index contributed by atoms with van der Waals surface area (Å²) in [6.45, 7) is 1.01. The molecule has 0 radical (unpaired) electrons. The number of hydrogen-bond donors (Lipinski definition) is 0. The number of piperidine rings is 1. The van der Waals surface area contributed by atoms with E-state index in [1.165, 1.54) is 12.1 Å². The van der Waals surface area contributed by atoms with Crippen molar-refractivity contribution in [2.45, 2.75) is 18.4 Å². The monoisotopic (exact) mass is 395 g/mol. The second-order valence-corrected chi connectivity index (χ2v) is 7.38. The van der Waals surface area contributed by atoms with E-state index in [2.05, 4.69) is 20.0 Å². The number of carbonyl (C=O) groups excluding carboxylic acids is 1. The summed E-state index contributed by atoms with van der Waals surface area (Å²) in [6, 6.07) is 9.56. The van der Waals surface area contributed by atoms with Gasteiger partial charge in [-0.05, 0) is 50.8 Å². The lowest BCUT2D eigenvalue weighted by molar-refractivity contribution is 0.0589. The van der Waals surface area contributed by atoms with E-state index < -0.39 is 5.82 Å². The van der Waals surface area contributed by atoms with Crippen molar-refractivity contribution in [2.75, 3.05) is 27.2 Å². The van der Waals surface area contributed by atoms with Crippen molar-refractivity contribution in [2.24, 2.45) is 0 Å². The number of amides is 1. The standard InChI is InChI=1S/C21H22FN5O2/c1-26(2)18-8-11-27(21(28)15-4-3-5-16(22)12-15)13-17(18)20-24-19(25-29-20)14-6-9-23-10-7-14/h3-7,9-10,12,17-18H,8,11,13H2,1-2H3/t17-,18+/m0/s1. The van der Waals surface area contributed by atoms with Gasteiger partial charge >= 0.3 is 0 Å². The van der Waals surface area contributed by atoms with E-state index in [0.717, 1.165) is 12.0 Å². The van der Waals surface area contributed by atoms with Gasteiger partial charge in [-0.2, -0.15) is 4.98 Å². The molecule has 8 heteroatoms. The third kappa shape index (κ3) is 4.02. The highest BCUT2D eigenvalue weighted by Crippen LogP contribution is 2.31. The van der Waals surface area contributed by atoms with E-state index in [4.69, 9.17) is 4.52 Å². The maximum Gasteiger partial charge on any atom is 0.253 e. The Balaban J connectivity index is 1.59. The van der Waals surface area contributed by atoms with Crippen LogP contribution in [0.3, 0.4) is 0 Å². The zero-order valence-corrected chi connectivity index (χ0v) is 16.3. The highest BCUT2D eigenvalue weighted by molar-refractivity contribution is 5.94. The molecule has 150 valence electrons. The fraction of sp³-hybridized carbons (Fsp3) is 0.333. The van der Waals surface area contributed by atoms with Gasteiger partial charge in [0.05, 0.1) is 5.92 Å². The molecule has 1 amide bonds. The normalized spacial score (nSPS) is 19.5. The number of carbonyl (C=O) groups is 1. The number of likely N-dealkylation sites (N-methyl/N-ethyl adjacent to an activating group) is 1. The largest absolute Gasteiger partial charge is 0.339 e. The molecule has 2 aromatic heterocycles. The van der Waals surface area contributed by atoms with Crippen LogP contribution in [0.5, 0.6) is 0 Å². The van der Waals surface area contributed by atoms with Gasteiger partial charge in [-0.25, -0.2) is 4.39 Å². The average Bonchev–Trinajstić information content (AvgIpc) is 3.23. The molecule has 0 N–H and O–H groups in total. The Bertz CT molecular complexity index is 992. The minimum absolute atomic E-state index is 0.139. The Hall–Kier alpha value is -3.13. The van der Waals surface area contributed by atoms with E-state index in [-0.39, 0.29) is 17.9 Å². The van der Waals surface area contributed by atoms with Gasteiger partial charge in [0.15, 0.2) is 0 Å². The molecule has 2 atom stereocenters. The van der Waals surface area contributed by atoms with Gasteiger partial charge in [0.25, 0.3) is 5.91 Å². The van der Waals surface area contributed by atoms with Crippen molar-refractivity contribution in [1.29, 1.82) is 0 Å². The summed E-state index contributed by atoms with van der Waals surface area (Å²) in [5, 5.41) is 4.11. The third-order valence-corrected chi connectivity index (χ3v) is 5.30. The van der Waals surface area contributed by atoms with Gasteiger partial charge in [-0.15, -0.1) is 0 Å². The number of halogens is 1. The molecule has 0 unspecified atom stereocenters. The fourth-order valence-corrected chi connectivity index (χ4v) is 3.79. The fourth-order valence-electron chi connectivity index (χ4n) is 3.79. The van der Waals surface area contributed by atoms with Crippen LogP contribution in [0, 0.1) is 5.82 Å². The third-order valence-electron chi connectivity index (χ3n) is 5.30. The first-order chi connectivity index (χ1) is 14.0. The first-order valence-electron chi connectivity index (χ1n) is 9.48. The van der Waals surface area contributed by atoms with Crippen LogP contribution >= 0.6 is 0 Å². The minimum Gasteiger partial charge on any atom is -0.339 e. The van der Waals surface area contributed by atoms with Crippen molar-refractivity contribution in [3.63, 3.8) is 0 Å². The molecule has 0 spiro atoms. The Kier molecular flexibility index (Phi) is 5.35. The number of rotatable bonds is 4. The Morgan fingerprint density at radius 1 is 1.24 bits per heavy atom. The van der Waals surface area contributed by atoms with Crippen molar-refractivity contribution in [1.82, 2.24) is 24.9 Å². The SMILES string of the molecule is CN(C)[C@@H]1CCN(C(=O)c2cccc(F)c2)C[C@@H]1c1nc(-c2ccncc2)no1. The van der Waals surface area contributed by atoms with Crippen LogP contribution in [0.25, 0.3) is 11.4 Å². The number of nitrogens with zero attached hydrogens (tertiary/aromatic N) is 5. The van der Waals surface area contributed by atoms with Crippen LogP contribution in [-0.4, -0.2) is 64.1 Å². The molecule has 1 saturated heterocycles. The predicted octanol–water partition coefficient (Wildman–Crippen LogP) is 2.83. The summed E-state index contributed by atoms with van der Waals surface area (Å²) in [5.74, 6) is 0.232. The molecule has 1 fully saturated rings. The van der Waals surface area contributed by atoms with E-state index in [0.29, 0.717) is 30.4 Å². The smallest absolute Gasteiger partial charge is 0.253 e. The Morgan fingerprint density at radius 3 is 2.76 bits per heavy atom. The summed E-state index contributed by atoms with van der Waals surface area (Å²) < 4.78 is 19.1. The number of likely N-dealkylation sites (tertiary alicyclic amines) is 1. The first kappa shape index (κ1) is 19.2. The lowest BCUT2D eigenvalue weighted by atomic mass is 9.90. The molecule has 3 aromatic rings. The number of hydrogen-bond acceptors (Lipinski definition) is 6. The Morgan fingerprint density at radius 2 is 2.03 bits per heavy atom. The molecular weight excluding hydrogens is 373 g/mol. The highest BCUT2D eigenvalue weighted by Gasteiger charge is 2.37. The van der Waals surface area contributed by atoms with Crippen LogP contribution in [0.15, 0.2) is 53.3 Å². The van der Waals surface area contributed by atoms with Crippen molar-refractivity contribution >= 4 is 5.91 Å². The molecule has 7 nitrogen and oxygen atoms in total. The van der Waals surface area contributed by atoms with Crippen LogP contribution in [0.4, 0.5) is 4.39 Å². The molecule has 0 saturated carbocycles. The van der Waals surface area contributed by atoms with Crippen LogP contribution in [0.2, 0.25) is 0 Å². The van der Waals surface area contributed by atoms with Gasteiger partial charge < -0.3 is 14.3 Å². The number of benzene rings is 1. The molecule has 4 rings (SSSR count). The number of aromatic nitrogens is 3. The zero-order chi connectivity index (χ0) is 20.4. The van der Waals surface area contributed by atoms with Crippen LogP contribution in [-0.2, 0) is 0 Å². The van der Waals surface area contributed by atoms with Crippen LogP contribution in [0.1, 0.15) is 28.6 Å². The topological polar surface area (TPSA) is 75.4 Å². The zero-order valence-electron chi connectivity index (χ0n) is 16.3. The van der Waals surface area contributed by atoms with Gasteiger partial charge in [-0.3, -0.25) is 9.78 Å². The summed E-state index contributed by atoms with van der Waals surface area (Å²) in [4.78, 5) is 25.3. The molecule has 1 aliphatic heterocycles. The maximum absolute atomic E-state index is 13.6. The number of pyridine rings is 1. The van der Waals surface area contributed by atoms with Gasteiger partial charge in [0.1, 0.15) is 5.82 Å². The first-order valence-corrected chi connectivity index (χ1v) is 9.48. The quantitative estimate of drug-likeness (QED) is 0.676. The van der Waals surface area contributed by atoms with E-state index in [1.807, 2.05) is 26.2 Å². The van der Waals surface area contributed by atoms with E-state index >= 15 is 0 Å². The Labute approximate surface area is 168 Å². The van der Waals surface area contributed by atoms with Gasteiger partial charge in [-0.1, -0.05) is 11.2 Å². The average molecular weight is 395 g/mol. The van der Waals surface area contributed by atoms with E-state index in [1.54, 1.807) is 29.4 Å². The van der Waals surface area contributed by atoms with Crippen molar-refractivity contribution < 1.29 is 13.7 Å². The highest BCUT2D eigenvalue weighted by atomic mass is 19.1. The summed E-state index contributed by atoms with van der Waals surface area (Å²) in [6.07, 6.45) is 4.10.